The van der Waals surface area contributed by atoms with Gasteiger partial charge in [0, 0.05) is 12.1 Å². The van der Waals surface area contributed by atoms with Gasteiger partial charge in [-0.15, -0.1) is 0 Å². The molecule has 3 aliphatic rings. The van der Waals surface area contributed by atoms with Gasteiger partial charge in [0.15, 0.2) is 0 Å². The Bertz CT molecular complexity index is 1780. The predicted octanol–water partition coefficient (Wildman–Crippen LogP) is 6.29. The van der Waals surface area contributed by atoms with Crippen LogP contribution < -0.4 is 9.50 Å². The predicted molar refractivity (Wildman–Crippen MR) is 167 cm³/mol. The highest BCUT2D eigenvalue weighted by atomic mass is 32.2. The number of hydrogen-bond acceptors (Lipinski definition) is 7. The molecule has 252 valence electrons. The average molecular weight is 675 g/mol. The minimum atomic E-state index is -5.79. The van der Waals surface area contributed by atoms with Crippen molar-refractivity contribution in [1.82, 2.24) is 20.2 Å². The lowest BCUT2D eigenvalue weighted by Crippen LogP contribution is -2.51. The van der Waals surface area contributed by atoms with Crippen LogP contribution in [0, 0.1) is 11.3 Å². The van der Waals surface area contributed by atoms with E-state index in [9.17, 15) is 31.2 Å². The largest absolute Gasteiger partial charge is 0.534 e. The summed E-state index contributed by atoms with van der Waals surface area (Å²) in [4.78, 5) is 35.1. The molecule has 0 radical (unpaired) electrons. The van der Waals surface area contributed by atoms with Gasteiger partial charge in [-0.3, -0.25) is 4.79 Å². The zero-order chi connectivity index (χ0) is 33.7. The van der Waals surface area contributed by atoms with Crippen LogP contribution in [0.3, 0.4) is 0 Å². The molecule has 6 rings (SSSR count). The Morgan fingerprint density at radius 1 is 1.04 bits per heavy atom. The van der Waals surface area contributed by atoms with E-state index in [1.807, 2.05) is 38.1 Å². The van der Waals surface area contributed by atoms with E-state index in [0.717, 1.165) is 60.1 Å². The van der Waals surface area contributed by atoms with Gasteiger partial charge in [0.2, 0.25) is 5.91 Å². The monoisotopic (exact) mass is 674 g/mol. The minimum absolute atomic E-state index is 0.0785. The Labute approximate surface area is 271 Å². The standard InChI is InChI=1S/C33H37F3N4O6S/c1-19(2)28(39-31(42)45-3)30(41)40-15-4-6-26(40)29-37-18-25(38-29)21-9-7-20(8-10-21)22-11-12-27(46-47(43,44)33(34,35)36)24-17-32(13-5-14-32)16-23(22)24/h7-12,18-19,26,28H,4-6,13-17H2,1-3H3,(H,37,38)(H,39,42)/t26-,28-/m0/s1. The van der Waals surface area contributed by atoms with E-state index in [-0.39, 0.29) is 29.0 Å². The van der Waals surface area contributed by atoms with Gasteiger partial charge in [-0.1, -0.05) is 50.6 Å². The van der Waals surface area contributed by atoms with E-state index in [1.54, 1.807) is 17.2 Å². The molecule has 1 aliphatic heterocycles. The summed E-state index contributed by atoms with van der Waals surface area (Å²) in [5.41, 5.74) is -0.979. The number of hydrogen-bond donors (Lipinski definition) is 2. The maximum absolute atomic E-state index is 13.5. The Balaban J connectivity index is 1.23. The molecule has 2 amide bonds. The number of imidazole rings is 1. The van der Waals surface area contributed by atoms with E-state index in [0.29, 0.717) is 30.8 Å². The van der Waals surface area contributed by atoms with Crippen molar-refractivity contribution in [3.05, 3.63) is 59.5 Å². The zero-order valence-electron chi connectivity index (χ0n) is 26.3. The molecule has 2 aromatic carbocycles. The number of alkyl halides is 3. The molecule has 3 aromatic rings. The van der Waals surface area contributed by atoms with Crippen molar-refractivity contribution in [3.8, 4) is 28.1 Å². The summed E-state index contributed by atoms with van der Waals surface area (Å²) in [6.07, 6.45) is 6.57. The summed E-state index contributed by atoms with van der Waals surface area (Å²) >= 11 is 0. The number of aromatic amines is 1. The number of ether oxygens (including phenoxy) is 1. The smallest absolute Gasteiger partial charge is 0.453 e. The van der Waals surface area contributed by atoms with Crippen molar-refractivity contribution >= 4 is 22.1 Å². The molecule has 1 saturated heterocycles. The highest BCUT2D eigenvalue weighted by Gasteiger charge is 2.50. The first-order valence-corrected chi connectivity index (χ1v) is 17.1. The lowest BCUT2D eigenvalue weighted by atomic mass is 9.67. The first kappa shape index (κ1) is 32.9. The molecule has 2 heterocycles. The van der Waals surface area contributed by atoms with E-state index < -0.39 is 27.8 Å². The Morgan fingerprint density at radius 2 is 1.72 bits per heavy atom. The number of fused-ring (bicyclic) bond motifs is 1. The van der Waals surface area contributed by atoms with Crippen LogP contribution in [-0.4, -0.2) is 60.5 Å². The topological polar surface area (TPSA) is 131 Å². The van der Waals surface area contributed by atoms with Crippen LogP contribution in [-0.2, 0) is 32.5 Å². The normalized spacial score (nSPS) is 19.4. The zero-order valence-corrected chi connectivity index (χ0v) is 27.1. The molecular weight excluding hydrogens is 637 g/mol. The third-order valence-electron chi connectivity index (χ3n) is 9.73. The molecule has 2 N–H and O–H groups in total. The molecule has 2 fully saturated rings. The molecule has 10 nitrogen and oxygen atoms in total. The van der Waals surface area contributed by atoms with Crippen LogP contribution in [0.25, 0.3) is 22.4 Å². The maximum Gasteiger partial charge on any atom is 0.534 e. The summed E-state index contributed by atoms with van der Waals surface area (Å²) in [5, 5.41) is 2.65. The Hall–Kier alpha value is -4.07. The summed E-state index contributed by atoms with van der Waals surface area (Å²) in [6, 6.07) is 9.61. The van der Waals surface area contributed by atoms with Crippen molar-refractivity contribution in [2.24, 2.45) is 11.3 Å². The lowest BCUT2D eigenvalue weighted by molar-refractivity contribution is -0.135. The number of methoxy groups -OCH3 is 1. The number of benzene rings is 2. The third-order valence-corrected chi connectivity index (χ3v) is 10.7. The van der Waals surface area contributed by atoms with Gasteiger partial charge < -0.3 is 24.1 Å². The lowest BCUT2D eigenvalue weighted by Gasteiger charge is -2.38. The summed E-state index contributed by atoms with van der Waals surface area (Å²) in [7, 11) is -4.54. The average Bonchev–Trinajstić information content (AvgIpc) is 3.77. The Morgan fingerprint density at radius 3 is 2.34 bits per heavy atom. The fourth-order valence-corrected chi connectivity index (χ4v) is 7.59. The number of halogens is 3. The summed E-state index contributed by atoms with van der Waals surface area (Å²) < 4.78 is 72.4. The molecule has 2 atom stereocenters. The SMILES string of the molecule is COC(=O)N[C@H](C(=O)N1CCC[C@H]1c1ncc(-c2ccc(-c3ccc(OS(=O)(=O)C(F)(F)F)c4c3CC3(CCC3)C4)cc2)[nH]1)C(C)C. The number of carbonyl (C=O) groups excluding carboxylic acids is 2. The Kier molecular flexibility index (Phi) is 8.52. The number of nitrogens with zero attached hydrogens (tertiary/aromatic N) is 2. The number of likely N-dealkylation sites (tertiary alicyclic amines) is 1. The van der Waals surface area contributed by atoms with E-state index in [1.165, 1.54) is 13.2 Å². The van der Waals surface area contributed by atoms with Gasteiger partial charge in [-0.05, 0) is 78.2 Å². The van der Waals surface area contributed by atoms with E-state index in [2.05, 4.69) is 19.5 Å². The van der Waals surface area contributed by atoms with Crippen molar-refractivity contribution < 1.29 is 40.1 Å². The van der Waals surface area contributed by atoms with Gasteiger partial charge in [0.1, 0.15) is 17.6 Å². The van der Waals surface area contributed by atoms with E-state index in [4.69, 9.17) is 4.74 Å². The van der Waals surface area contributed by atoms with Crippen LogP contribution >= 0.6 is 0 Å². The summed E-state index contributed by atoms with van der Waals surface area (Å²) in [5.74, 6) is 0.0414. The second-order valence-electron chi connectivity index (χ2n) is 13.1. The van der Waals surface area contributed by atoms with Crippen LogP contribution in [0.5, 0.6) is 5.75 Å². The van der Waals surface area contributed by atoms with Crippen LogP contribution in [0.2, 0.25) is 0 Å². The molecule has 1 spiro atoms. The second-order valence-corrected chi connectivity index (χ2v) is 14.6. The number of H-pyrrole nitrogens is 1. The van der Waals surface area contributed by atoms with Crippen LogP contribution in [0.4, 0.5) is 18.0 Å². The van der Waals surface area contributed by atoms with Crippen LogP contribution in [0.15, 0.2) is 42.6 Å². The van der Waals surface area contributed by atoms with Crippen LogP contribution in [0.1, 0.15) is 68.9 Å². The fraction of sp³-hybridized carbons (Fsp3) is 0.485. The quantitative estimate of drug-likeness (QED) is 0.212. The van der Waals surface area contributed by atoms with E-state index >= 15 is 0 Å². The number of amides is 2. The molecule has 47 heavy (non-hydrogen) atoms. The van der Waals surface area contributed by atoms with Gasteiger partial charge in [0.05, 0.1) is 25.0 Å². The van der Waals surface area contributed by atoms with Crippen molar-refractivity contribution in [2.75, 3.05) is 13.7 Å². The number of nitrogens with one attached hydrogen (secondary N) is 2. The first-order valence-electron chi connectivity index (χ1n) is 15.7. The number of rotatable bonds is 8. The number of alkyl carbamates (subject to hydrolysis) is 1. The highest BCUT2D eigenvalue weighted by Crippen LogP contribution is 2.55. The maximum atomic E-state index is 13.5. The third kappa shape index (κ3) is 6.19. The minimum Gasteiger partial charge on any atom is -0.453 e. The van der Waals surface area contributed by atoms with Gasteiger partial charge in [0.25, 0.3) is 0 Å². The molecule has 0 unspecified atom stereocenters. The molecule has 2 aliphatic carbocycles. The van der Waals surface area contributed by atoms with Crippen molar-refractivity contribution in [2.45, 2.75) is 76.4 Å². The van der Waals surface area contributed by atoms with Gasteiger partial charge in [-0.25, -0.2) is 9.78 Å². The second kappa shape index (κ2) is 12.2. The summed E-state index contributed by atoms with van der Waals surface area (Å²) in [6.45, 7) is 4.26. The fourth-order valence-electron chi connectivity index (χ4n) is 7.10. The number of aromatic nitrogens is 2. The molecule has 1 saturated carbocycles. The van der Waals surface area contributed by atoms with Gasteiger partial charge in [-0.2, -0.15) is 21.6 Å². The molecule has 14 heteroatoms. The van der Waals surface area contributed by atoms with Gasteiger partial charge >= 0.3 is 21.7 Å². The van der Waals surface area contributed by atoms with Crippen molar-refractivity contribution in [3.63, 3.8) is 0 Å². The highest BCUT2D eigenvalue weighted by molar-refractivity contribution is 7.88. The van der Waals surface area contributed by atoms with Crippen molar-refractivity contribution in [1.29, 1.82) is 0 Å². The molecule has 1 aromatic heterocycles. The molecule has 0 bridgehead atoms. The number of carbonyl (C=O) groups is 2. The molecular formula is C33H37F3N4O6S. The first-order chi connectivity index (χ1) is 22.2.